The van der Waals surface area contributed by atoms with Crippen molar-refractivity contribution in [3.63, 3.8) is 0 Å². The van der Waals surface area contributed by atoms with Crippen molar-refractivity contribution in [3.05, 3.63) is 29.8 Å². The Kier molecular flexibility index (Phi) is 4.03. The minimum absolute atomic E-state index is 0.00519. The summed E-state index contributed by atoms with van der Waals surface area (Å²) in [4.78, 5) is 11.0. The van der Waals surface area contributed by atoms with Crippen LogP contribution in [0.15, 0.2) is 24.3 Å². The Labute approximate surface area is 90.8 Å². The number of ketones is 1. The highest BCUT2D eigenvalue weighted by Crippen LogP contribution is 2.25. The van der Waals surface area contributed by atoms with E-state index in [1.54, 1.807) is 6.07 Å². The van der Waals surface area contributed by atoms with Crippen molar-refractivity contribution >= 4 is 17.4 Å². The first kappa shape index (κ1) is 11.9. The van der Waals surface area contributed by atoms with Crippen molar-refractivity contribution in [2.75, 3.05) is 0 Å². The first-order valence-corrected chi connectivity index (χ1v) is 4.63. The molecule has 0 heterocycles. The fraction of sp³-hybridized carbons (Fsp3) is 0.300. The van der Waals surface area contributed by atoms with E-state index in [0.717, 1.165) is 0 Å². The molecular formula is C10H9ClF2O2. The third-order valence-corrected chi connectivity index (χ3v) is 2.29. The van der Waals surface area contributed by atoms with Gasteiger partial charge in [-0.15, -0.1) is 11.6 Å². The lowest BCUT2D eigenvalue weighted by Crippen LogP contribution is -2.04. The molecule has 0 aliphatic carbocycles. The molecule has 0 bridgehead atoms. The van der Waals surface area contributed by atoms with Gasteiger partial charge in [-0.3, -0.25) is 4.79 Å². The molecular weight excluding hydrogens is 226 g/mol. The van der Waals surface area contributed by atoms with E-state index < -0.39 is 12.0 Å². The molecule has 0 spiro atoms. The Balaban J connectivity index is 2.87. The molecule has 5 heteroatoms. The first-order chi connectivity index (χ1) is 7.00. The van der Waals surface area contributed by atoms with Crippen LogP contribution in [0.1, 0.15) is 17.9 Å². The summed E-state index contributed by atoms with van der Waals surface area (Å²) in [6.07, 6.45) is 0. The third-order valence-electron chi connectivity index (χ3n) is 1.73. The van der Waals surface area contributed by atoms with Gasteiger partial charge in [-0.1, -0.05) is 12.1 Å². The van der Waals surface area contributed by atoms with Crippen molar-refractivity contribution in [1.29, 1.82) is 0 Å². The minimum Gasteiger partial charge on any atom is -0.435 e. The maximum Gasteiger partial charge on any atom is 0.387 e. The molecule has 1 aromatic carbocycles. The van der Waals surface area contributed by atoms with Gasteiger partial charge >= 0.3 is 6.61 Å². The van der Waals surface area contributed by atoms with Gasteiger partial charge in [-0.2, -0.15) is 8.78 Å². The highest BCUT2D eigenvalue weighted by Gasteiger charge is 2.14. The zero-order valence-electron chi connectivity index (χ0n) is 7.91. The maximum absolute atomic E-state index is 11.9. The lowest BCUT2D eigenvalue weighted by molar-refractivity contribution is -0.116. The number of alkyl halides is 3. The number of hydrogen-bond acceptors (Lipinski definition) is 2. The Morgan fingerprint density at radius 2 is 2.13 bits per heavy atom. The molecule has 0 N–H and O–H groups in total. The summed E-state index contributed by atoms with van der Waals surface area (Å²) in [6, 6.07) is 5.79. The van der Waals surface area contributed by atoms with Gasteiger partial charge in [-0.05, 0) is 24.6 Å². The van der Waals surface area contributed by atoms with Gasteiger partial charge in [0.25, 0.3) is 0 Å². The van der Waals surface area contributed by atoms with Crippen LogP contribution in [0.4, 0.5) is 8.78 Å². The second-order valence-corrected chi connectivity index (χ2v) is 3.36. The van der Waals surface area contributed by atoms with Crippen LogP contribution in [0.3, 0.4) is 0 Å². The molecule has 1 atom stereocenters. The van der Waals surface area contributed by atoms with Crippen molar-refractivity contribution in [1.82, 2.24) is 0 Å². The second kappa shape index (κ2) is 5.07. The van der Waals surface area contributed by atoms with Crippen LogP contribution in [-0.4, -0.2) is 12.4 Å². The van der Waals surface area contributed by atoms with Gasteiger partial charge in [0.1, 0.15) is 11.1 Å². The van der Waals surface area contributed by atoms with E-state index in [9.17, 15) is 13.6 Å². The molecule has 1 aromatic rings. The lowest BCUT2D eigenvalue weighted by atomic mass is 10.1. The molecule has 0 aliphatic rings. The van der Waals surface area contributed by atoms with Gasteiger partial charge in [-0.25, -0.2) is 0 Å². The Hall–Kier alpha value is -1.16. The van der Waals surface area contributed by atoms with Gasteiger partial charge < -0.3 is 4.74 Å². The molecule has 15 heavy (non-hydrogen) atoms. The van der Waals surface area contributed by atoms with Gasteiger partial charge in [0.05, 0.1) is 0 Å². The standard InChI is InChI=1S/C10H9ClF2O2/c1-6(14)9(11)7-3-2-4-8(5-7)15-10(12)13/h2-5,9-10H,1H3. The number of carbonyl (C=O) groups excluding carboxylic acids is 1. The van der Waals surface area contributed by atoms with Crippen LogP contribution in [0, 0.1) is 0 Å². The third kappa shape index (κ3) is 3.47. The predicted molar refractivity (Wildman–Crippen MR) is 52.3 cm³/mol. The summed E-state index contributed by atoms with van der Waals surface area (Å²) in [7, 11) is 0. The average Bonchev–Trinajstić information content (AvgIpc) is 2.16. The van der Waals surface area contributed by atoms with Gasteiger partial charge in [0, 0.05) is 0 Å². The van der Waals surface area contributed by atoms with E-state index in [1.165, 1.54) is 25.1 Å². The van der Waals surface area contributed by atoms with Crippen LogP contribution in [0.2, 0.25) is 0 Å². The van der Waals surface area contributed by atoms with Crippen molar-refractivity contribution in [2.45, 2.75) is 18.9 Å². The molecule has 0 saturated carbocycles. The number of halogens is 3. The average molecular weight is 235 g/mol. The number of ether oxygens (including phenoxy) is 1. The predicted octanol–water partition coefficient (Wildman–Crippen LogP) is 3.16. The summed E-state index contributed by atoms with van der Waals surface area (Å²) < 4.78 is 28.0. The largest absolute Gasteiger partial charge is 0.435 e. The van der Waals surface area contributed by atoms with Crippen LogP contribution < -0.4 is 4.74 Å². The number of Topliss-reactive ketones (excluding diaryl/α,β-unsaturated/α-hetero) is 1. The van der Waals surface area contributed by atoms with Crippen LogP contribution in [-0.2, 0) is 4.79 Å². The summed E-state index contributed by atoms with van der Waals surface area (Å²) in [5.74, 6) is -0.250. The van der Waals surface area contributed by atoms with E-state index in [2.05, 4.69) is 4.74 Å². The van der Waals surface area contributed by atoms with Crippen molar-refractivity contribution < 1.29 is 18.3 Å². The van der Waals surface area contributed by atoms with Crippen molar-refractivity contribution in [2.24, 2.45) is 0 Å². The van der Waals surface area contributed by atoms with Gasteiger partial charge in [0.15, 0.2) is 5.78 Å². The molecule has 0 aliphatic heterocycles. The normalized spacial score (nSPS) is 12.6. The van der Waals surface area contributed by atoms with Crippen molar-refractivity contribution in [3.8, 4) is 5.75 Å². The van der Waals surface area contributed by atoms with Crippen LogP contribution in [0.25, 0.3) is 0 Å². The summed E-state index contributed by atoms with van der Waals surface area (Å²) in [6.45, 7) is -1.55. The summed E-state index contributed by atoms with van der Waals surface area (Å²) in [5, 5.41) is -0.828. The Bertz CT molecular complexity index is 355. The second-order valence-electron chi connectivity index (χ2n) is 2.92. The molecule has 1 unspecified atom stereocenters. The van der Waals surface area contributed by atoms with E-state index in [1.807, 2.05) is 0 Å². The molecule has 0 amide bonds. The smallest absolute Gasteiger partial charge is 0.387 e. The number of carbonyl (C=O) groups is 1. The molecule has 0 fully saturated rings. The highest BCUT2D eigenvalue weighted by molar-refractivity contribution is 6.30. The minimum atomic E-state index is -2.88. The van der Waals surface area contributed by atoms with E-state index in [4.69, 9.17) is 11.6 Å². The summed E-state index contributed by atoms with van der Waals surface area (Å²) >= 11 is 5.76. The van der Waals surface area contributed by atoms with E-state index in [0.29, 0.717) is 5.56 Å². The van der Waals surface area contributed by atoms with E-state index >= 15 is 0 Å². The Morgan fingerprint density at radius 3 is 2.67 bits per heavy atom. The van der Waals surface area contributed by atoms with Crippen LogP contribution in [0.5, 0.6) is 5.75 Å². The Morgan fingerprint density at radius 1 is 1.47 bits per heavy atom. The molecule has 0 radical (unpaired) electrons. The quantitative estimate of drug-likeness (QED) is 0.748. The zero-order chi connectivity index (χ0) is 11.4. The summed E-state index contributed by atoms with van der Waals surface area (Å²) in [5.41, 5.74) is 0.447. The molecule has 82 valence electrons. The van der Waals surface area contributed by atoms with E-state index in [-0.39, 0.29) is 11.5 Å². The molecule has 1 rings (SSSR count). The number of rotatable bonds is 4. The molecule has 0 aromatic heterocycles. The number of hydrogen-bond donors (Lipinski definition) is 0. The maximum atomic E-state index is 11.9. The SMILES string of the molecule is CC(=O)C(Cl)c1cccc(OC(F)F)c1. The monoisotopic (exact) mass is 234 g/mol. The lowest BCUT2D eigenvalue weighted by Gasteiger charge is -2.08. The van der Waals surface area contributed by atoms with Gasteiger partial charge in [0.2, 0.25) is 0 Å². The number of benzene rings is 1. The topological polar surface area (TPSA) is 26.3 Å². The molecule has 2 nitrogen and oxygen atoms in total. The fourth-order valence-electron chi connectivity index (χ4n) is 1.08. The highest BCUT2D eigenvalue weighted by atomic mass is 35.5. The van der Waals surface area contributed by atoms with Crippen LogP contribution >= 0.6 is 11.6 Å². The molecule has 0 saturated heterocycles. The fourth-order valence-corrected chi connectivity index (χ4v) is 1.22. The zero-order valence-corrected chi connectivity index (χ0v) is 8.67. The first-order valence-electron chi connectivity index (χ1n) is 4.20.